The van der Waals surface area contributed by atoms with Gasteiger partial charge in [-0.15, -0.1) is 0 Å². The molecule has 130 valence electrons. The molecule has 0 radical (unpaired) electrons. The van der Waals surface area contributed by atoms with Crippen LogP contribution in [0.2, 0.25) is 0 Å². The maximum atomic E-state index is 12.5. The Balaban J connectivity index is 1.60. The number of furan rings is 1. The Hall–Kier alpha value is -3.61. The standard InChI is InChI=1S/C19H15N3O4/c1-19(17(24)21-18(25)22-19)12-6-4-7-13(10-12)20-16(23)15-9-11-5-2-3-8-14(11)26-15/h2-10H,1H3,(H,20,23)(H2,21,22,24,25). The van der Waals surface area contributed by atoms with Crippen LogP contribution >= 0.6 is 0 Å². The molecule has 0 spiro atoms. The number of imide groups is 1. The number of para-hydroxylation sites is 1. The van der Waals surface area contributed by atoms with Gasteiger partial charge in [0.15, 0.2) is 5.76 Å². The third-order valence-electron chi connectivity index (χ3n) is 4.39. The molecule has 4 amide bonds. The number of nitrogens with one attached hydrogen (secondary N) is 3. The molecule has 3 aromatic rings. The zero-order chi connectivity index (χ0) is 18.3. The summed E-state index contributed by atoms with van der Waals surface area (Å²) in [7, 11) is 0. The summed E-state index contributed by atoms with van der Waals surface area (Å²) in [5, 5.41) is 8.40. The maximum Gasteiger partial charge on any atom is 0.322 e. The largest absolute Gasteiger partial charge is 0.451 e. The van der Waals surface area contributed by atoms with Gasteiger partial charge in [-0.25, -0.2) is 4.79 Å². The van der Waals surface area contributed by atoms with E-state index in [0.717, 1.165) is 5.39 Å². The second-order valence-electron chi connectivity index (χ2n) is 6.22. The fourth-order valence-corrected chi connectivity index (χ4v) is 2.94. The first kappa shape index (κ1) is 15.9. The molecule has 1 saturated heterocycles. The number of benzene rings is 2. The smallest absolute Gasteiger partial charge is 0.322 e. The Bertz CT molecular complexity index is 1020. The Morgan fingerprint density at radius 1 is 1.08 bits per heavy atom. The molecule has 4 rings (SSSR count). The van der Waals surface area contributed by atoms with Crippen LogP contribution in [0.5, 0.6) is 0 Å². The number of anilines is 1. The normalized spacial score (nSPS) is 19.3. The van der Waals surface area contributed by atoms with E-state index < -0.39 is 23.4 Å². The first-order valence-corrected chi connectivity index (χ1v) is 8.00. The fraction of sp³-hybridized carbons (Fsp3) is 0.105. The molecule has 2 heterocycles. The first-order chi connectivity index (χ1) is 12.5. The molecular weight excluding hydrogens is 334 g/mol. The van der Waals surface area contributed by atoms with Crippen LogP contribution in [0.25, 0.3) is 11.0 Å². The van der Waals surface area contributed by atoms with Gasteiger partial charge in [0.05, 0.1) is 0 Å². The zero-order valence-corrected chi connectivity index (χ0v) is 13.8. The molecule has 1 aliphatic heterocycles. The van der Waals surface area contributed by atoms with E-state index in [-0.39, 0.29) is 5.76 Å². The molecule has 1 atom stereocenters. The summed E-state index contributed by atoms with van der Waals surface area (Å²) in [6.45, 7) is 1.60. The lowest BCUT2D eigenvalue weighted by Crippen LogP contribution is -2.40. The minimum Gasteiger partial charge on any atom is -0.451 e. The van der Waals surface area contributed by atoms with Crippen LogP contribution in [0.1, 0.15) is 23.0 Å². The first-order valence-electron chi connectivity index (χ1n) is 8.00. The van der Waals surface area contributed by atoms with Crippen molar-refractivity contribution in [2.75, 3.05) is 5.32 Å². The van der Waals surface area contributed by atoms with Crippen LogP contribution < -0.4 is 16.0 Å². The summed E-state index contributed by atoms with van der Waals surface area (Å²) in [5.74, 6) is -0.651. The number of urea groups is 1. The highest BCUT2D eigenvalue weighted by atomic mass is 16.3. The van der Waals surface area contributed by atoms with Gasteiger partial charge < -0.3 is 15.1 Å². The topological polar surface area (TPSA) is 100 Å². The van der Waals surface area contributed by atoms with Crippen molar-refractivity contribution in [1.82, 2.24) is 10.6 Å². The highest BCUT2D eigenvalue weighted by Gasteiger charge is 2.43. The summed E-state index contributed by atoms with van der Waals surface area (Å²) in [5.41, 5.74) is 0.493. The maximum absolute atomic E-state index is 12.5. The summed E-state index contributed by atoms with van der Waals surface area (Å²) in [6.07, 6.45) is 0. The molecule has 0 aliphatic carbocycles. The van der Waals surface area contributed by atoms with Crippen LogP contribution in [0.3, 0.4) is 0 Å². The molecule has 1 aliphatic rings. The van der Waals surface area contributed by atoms with Crippen molar-refractivity contribution in [3.63, 3.8) is 0 Å². The van der Waals surface area contributed by atoms with Gasteiger partial charge in [0.2, 0.25) is 0 Å². The van der Waals surface area contributed by atoms with Gasteiger partial charge in [-0.3, -0.25) is 14.9 Å². The van der Waals surface area contributed by atoms with Crippen molar-refractivity contribution in [3.8, 4) is 0 Å². The van der Waals surface area contributed by atoms with Gasteiger partial charge >= 0.3 is 6.03 Å². The van der Waals surface area contributed by atoms with E-state index in [9.17, 15) is 14.4 Å². The average molecular weight is 349 g/mol. The van der Waals surface area contributed by atoms with Crippen molar-refractivity contribution >= 4 is 34.5 Å². The third kappa shape index (κ3) is 2.59. The van der Waals surface area contributed by atoms with Crippen LogP contribution in [0.15, 0.2) is 59.0 Å². The van der Waals surface area contributed by atoms with Gasteiger partial charge in [-0.05, 0) is 36.8 Å². The number of carbonyl (C=O) groups is 3. The average Bonchev–Trinajstić information content (AvgIpc) is 3.16. The van der Waals surface area contributed by atoms with E-state index in [1.165, 1.54) is 0 Å². The minimum absolute atomic E-state index is 0.190. The summed E-state index contributed by atoms with van der Waals surface area (Å²) >= 11 is 0. The second kappa shape index (κ2) is 5.73. The summed E-state index contributed by atoms with van der Waals surface area (Å²) in [6, 6.07) is 15.2. The van der Waals surface area contributed by atoms with Crippen molar-refractivity contribution < 1.29 is 18.8 Å². The van der Waals surface area contributed by atoms with Crippen LogP contribution in [-0.4, -0.2) is 17.8 Å². The van der Waals surface area contributed by atoms with Gasteiger partial charge in [0, 0.05) is 11.1 Å². The predicted molar refractivity (Wildman–Crippen MR) is 94.6 cm³/mol. The molecule has 7 heteroatoms. The molecule has 7 nitrogen and oxygen atoms in total. The van der Waals surface area contributed by atoms with Crippen molar-refractivity contribution in [2.24, 2.45) is 0 Å². The third-order valence-corrected chi connectivity index (χ3v) is 4.39. The predicted octanol–water partition coefficient (Wildman–Crippen LogP) is 2.74. The SMILES string of the molecule is CC1(c2cccc(NC(=O)c3cc4ccccc4o3)c2)NC(=O)NC1=O. The van der Waals surface area contributed by atoms with Crippen LogP contribution in [0, 0.1) is 0 Å². The number of hydrogen-bond acceptors (Lipinski definition) is 4. The van der Waals surface area contributed by atoms with Crippen molar-refractivity contribution in [1.29, 1.82) is 0 Å². The van der Waals surface area contributed by atoms with E-state index in [4.69, 9.17) is 4.42 Å². The molecular formula is C19H15N3O4. The highest BCUT2D eigenvalue weighted by molar-refractivity contribution is 6.08. The summed E-state index contributed by atoms with van der Waals surface area (Å²) in [4.78, 5) is 36.0. The Kier molecular flexibility index (Phi) is 3.50. The molecule has 1 aromatic heterocycles. The lowest BCUT2D eigenvalue weighted by atomic mass is 9.92. The van der Waals surface area contributed by atoms with E-state index in [1.807, 2.05) is 18.2 Å². The Morgan fingerprint density at radius 2 is 1.88 bits per heavy atom. The molecule has 26 heavy (non-hydrogen) atoms. The Labute approximate surface area is 148 Å². The van der Waals surface area contributed by atoms with E-state index >= 15 is 0 Å². The Morgan fingerprint density at radius 3 is 2.62 bits per heavy atom. The molecule has 1 unspecified atom stereocenters. The van der Waals surface area contributed by atoms with Crippen LogP contribution in [0.4, 0.5) is 10.5 Å². The summed E-state index contributed by atoms with van der Waals surface area (Å²) < 4.78 is 5.55. The van der Waals surface area contributed by atoms with Crippen molar-refractivity contribution in [2.45, 2.75) is 12.5 Å². The fourth-order valence-electron chi connectivity index (χ4n) is 2.94. The number of carbonyl (C=O) groups excluding carboxylic acids is 3. The van der Waals surface area contributed by atoms with Gasteiger partial charge in [0.1, 0.15) is 11.1 Å². The minimum atomic E-state index is -1.18. The van der Waals surface area contributed by atoms with Gasteiger partial charge in [-0.1, -0.05) is 30.3 Å². The second-order valence-corrected chi connectivity index (χ2v) is 6.22. The lowest BCUT2D eigenvalue weighted by molar-refractivity contribution is -0.123. The highest BCUT2D eigenvalue weighted by Crippen LogP contribution is 2.27. The van der Waals surface area contributed by atoms with E-state index in [2.05, 4.69) is 16.0 Å². The van der Waals surface area contributed by atoms with Gasteiger partial charge in [-0.2, -0.15) is 0 Å². The van der Waals surface area contributed by atoms with Crippen molar-refractivity contribution in [3.05, 3.63) is 65.9 Å². The quantitative estimate of drug-likeness (QED) is 0.633. The molecule has 0 bridgehead atoms. The molecule has 3 N–H and O–H groups in total. The van der Waals surface area contributed by atoms with E-state index in [0.29, 0.717) is 16.8 Å². The van der Waals surface area contributed by atoms with Crippen LogP contribution in [-0.2, 0) is 10.3 Å². The van der Waals surface area contributed by atoms with E-state index in [1.54, 1.807) is 43.3 Å². The molecule has 1 fully saturated rings. The zero-order valence-electron chi connectivity index (χ0n) is 13.8. The van der Waals surface area contributed by atoms with Gasteiger partial charge in [0.25, 0.3) is 11.8 Å². The number of rotatable bonds is 3. The number of fused-ring (bicyclic) bond motifs is 1. The lowest BCUT2D eigenvalue weighted by Gasteiger charge is -2.21. The molecule has 0 saturated carbocycles. The monoisotopic (exact) mass is 349 g/mol. The molecule has 2 aromatic carbocycles. The number of amides is 4. The number of hydrogen-bond donors (Lipinski definition) is 3.